The topological polar surface area (TPSA) is 52.6 Å². The summed E-state index contributed by atoms with van der Waals surface area (Å²) >= 11 is 6.63. The lowest BCUT2D eigenvalue weighted by molar-refractivity contribution is -0.160. The van der Waals surface area contributed by atoms with Gasteiger partial charge in [0.1, 0.15) is 11.1 Å². The van der Waals surface area contributed by atoms with E-state index in [0.717, 1.165) is 18.4 Å². The maximum Gasteiger partial charge on any atom is 0.311 e. The fourth-order valence-corrected chi connectivity index (χ4v) is 5.56. The zero-order chi connectivity index (χ0) is 17.7. The predicted molar refractivity (Wildman–Crippen MR) is 91.8 cm³/mol. The summed E-state index contributed by atoms with van der Waals surface area (Å²) in [5.41, 5.74) is 0.433. The lowest BCUT2D eigenvalue weighted by Crippen LogP contribution is -2.58. The Kier molecular flexibility index (Phi) is 4.15. The highest BCUT2D eigenvalue weighted by Gasteiger charge is 2.61. The Morgan fingerprint density at radius 1 is 1.25 bits per heavy atom. The third-order valence-electron chi connectivity index (χ3n) is 6.07. The van der Waals surface area contributed by atoms with Crippen molar-refractivity contribution >= 4 is 23.4 Å². The highest BCUT2D eigenvalue weighted by molar-refractivity contribution is 6.35. The Hall–Kier alpha value is -1.55. The second-order valence-electron chi connectivity index (χ2n) is 7.34. The lowest BCUT2D eigenvalue weighted by Gasteiger charge is -2.54. The molecule has 5 heteroatoms. The van der Waals surface area contributed by atoms with Gasteiger partial charge in [-0.25, -0.2) is 0 Å². The molecule has 0 N–H and O–H groups in total. The number of hydrogen-bond donors (Lipinski definition) is 0. The summed E-state index contributed by atoms with van der Waals surface area (Å²) in [6.45, 7) is 3.99. The number of esters is 1. The Labute approximate surface area is 147 Å². The molecule has 2 aliphatic carbocycles. The van der Waals surface area contributed by atoms with E-state index < -0.39 is 10.8 Å². The first kappa shape index (κ1) is 17.3. The lowest BCUT2D eigenvalue weighted by atomic mass is 9.49. The van der Waals surface area contributed by atoms with Gasteiger partial charge in [-0.15, -0.1) is 11.6 Å². The third-order valence-corrected chi connectivity index (χ3v) is 6.52. The van der Waals surface area contributed by atoms with Gasteiger partial charge < -0.3 is 9.47 Å². The first-order valence-corrected chi connectivity index (χ1v) is 8.68. The fourth-order valence-electron chi connectivity index (χ4n) is 4.88. The van der Waals surface area contributed by atoms with Gasteiger partial charge >= 0.3 is 5.97 Å². The molecule has 130 valence electrons. The number of fused-ring (bicyclic) bond motifs is 3. The molecule has 3 rings (SSSR count). The number of benzene rings is 1. The van der Waals surface area contributed by atoms with Crippen LogP contribution >= 0.6 is 11.6 Å². The van der Waals surface area contributed by atoms with E-state index in [1.807, 2.05) is 13.0 Å². The van der Waals surface area contributed by atoms with Gasteiger partial charge in [0.05, 0.1) is 19.6 Å². The molecule has 2 aliphatic rings. The van der Waals surface area contributed by atoms with Crippen LogP contribution in [0.4, 0.5) is 0 Å². The summed E-state index contributed by atoms with van der Waals surface area (Å²) in [4.78, 5) is 25.4. The van der Waals surface area contributed by atoms with E-state index in [-0.39, 0.29) is 23.1 Å². The van der Waals surface area contributed by atoms with Crippen LogP contribution in [-0.4, -0.2) is 31.3 Å². The minimum Gasteiger partial charge on any atom is -0.497 e. The second-order valence-corrected chi connectivity index (χ2v) is 7.81. The van der Waals surface area contributed by atoms with E-state index in [1.165, 1.54) is 7.11 Å². The Balaban J connectivity index is 2.23. The first-order chi connectivity index (χ1) is 11.3. The number of alkyl halides is 1. The molecule has 0 heterocycles. The van der Waals surface area contributed by atoms with Crippen LogP contribution in [0.2, 0.25) is 0 Å². The standard InChI is InChI=1S/C19H23ClO4/c1-18-8-5-9-19(2,17(22)24-4)16(18)14(20)15(21)12-7-6-11(23-3)10-13(12)18/h6-7,10,14,16H,5,8-9H2,1-4H3/t14-,16+,18+,19-/m0/s1. The van der Waals surface area contributed by atoms with Gasteiger partial charge in [0, 0.05) is 11.5 Å². The molecule has 0 amide bonds. The van der Waals surface area contributed by atoms with Crippen LogP contribution in [0.15, 0.2) is 18.2 Å². The van der Waals surface area contributed by atoms with Crippen molar-refractivity contribution < 1.29 is 19.1 Å². The van der Waals surface area contributed by atoms with Gasteiger partial charge in [-0.2, -0.15) is 0 Å². The van der Waals surface area contributed by atoms with Gasteiger partial charge in [-0.05, 0) is 48.9 Å². The molecule has 0 saturated heterocycles. The molecule has 4 atom stereocenters. The molecule has 0 radical (unpaired) electrons. The number of ether oxygens (including phenoxy) is 2. The van der Waals surface area contributed by atoms with Crippen molar-refractivity contribution in [3.63, 3.8) is 0 Å². The highest BCUT2D eigenvalue weighted by Crippen LogP contribution is 2.59. The van der Waals surface area contributed by atoms with Crippen molar-refractivity contribution in [2.45, 2.75) is 43.9 Å². The van der Waals surface area contributed by atoms with E-state index >= 15 is 0 Å². The normalized spacial score (nSPS) is 35.0. The molecule has 0 aromatic heterocycles. The summed E-state index contributed by atoms with van der Waals surface area (Å²) < 4.78 is 10.4. The molecule has 24 heavy (non-hydrogen) atoms. The van der Waals surface area contributed by atoms with Crippen LogP contribution in [0.5, 0.6) is 5.75 Å². The number of ketones is 1. The van der Waals surface area contributed by atoms with Crippen LogP contribution < -0.4 is 4.74 Å². The molecule has 4 nitrogen and oxygen atoms in total. The summed E-state index contributed by atoms with van der Waals surface area (Å²) in [7, 11) is 3.00. The van der Waals surface area contributed by atoms with Crippen LogP contribution in [0.3, 0.4) is 0 Å². The zero-order valence-corrected chi connectivity index (χ0v) is 15.3. The van der Waals surface area contributed by atoms with Crippen molar-refractivity contribution in [3.8, 4) is 5.75 Å². The van der Waals surface area contributed by atoms with Gasteiger partial charge in [0.2, 0.25) is 0 Å². The third kappa shape index (κ3) is 2.19. The summed E-state index contributed by atoms with van der Waals surface area (Å²) in [6.07, 6.45) is 2.43. The number of halogens is 1. The van der Waals surface area contributed by atoms with Crippen LogP contribution in [-0.2, 0) is 14.9 Å². The van der Waals surface area contributed by atoms with Crippen molar-refractivity contribution in [2.75, 3.05) is 14.2 Å². The zero-order valence-electron chi connectivity index (χ0n) is 14.5. The molecule has 1 fully saturated rings. The van der Waals surface area contributed by atoms with E-state index in [1.54, 1.807) is 19.2 Å². The Morgan fingerprint density at radius 3 is 2.58 bits per heavy atom. The van der Waals surface area contributed by atoms with Gasteiger partial charge in [-0.3, -0.25) is 9.59 Å². The van der Waals surface area contributed by atoms with Gasteiger partial charge in [-0.1, -0.05) is 13.3 Å². The quantitative estimate of drug-likeness (QED) is 0.602. The van der Waals surface area contributed by atoms with Crippen molar-refractivity contribution in [1.29, 1.82) is 0 Å². The minimum atomic E-state index is -0.773. The van der Waals surface area contributed by atoms with Crippen LogP contribution in [0, 0.1) is 11.3 Å². The highest BCUT2D eigenvalue weighted by atomic mass is 35.5. The Morgan fingerprint density at radius 2 is 1.96 bits per heavy atom. The minimum absolute atomic E-state index is 0.117. The molecular formula is C19H23ClO4. The summed E-state index contributed by atoms with van der Waals surface area (Å²) in [5, 5.41) is -0.736. The van der Waals surface area contributed by atoms with Crippen molar-refractivity contribution in [2.24, 2.45) is 11.3 Å². The first-order valence-electron chi connectivity index (χ1n) is 8.25. The van der Waals surface area contributed by atoms with Crippen LogP contribution in [0.1, 0.15) is 49.0 Å². The van der Waals surface area contributed by atoms with Crippen molar-refractivity contribution in [1.82, 2.24) is 0 Å². The predicted octanol–water partition coefficient (Wildman–Crippen LogP) is 3.74. The fraction of sp³-hybridized carbons (Fsp3) is 0.579. The molecule has 0 bridgehead atoms. The monoisotopic (exact) mass is 350 g/mol. The van der Waals surface area contributed by atoms with E-state index in [0.29, 0.717) is 17.7 Å². The number of Topliss-reactive ketones (excluding diaryl/α,β-unsaturated/α-hetero) is 1. The van der Waals surface area contributed by atoms with E-state index in [9.17, 15) is 9.59 Å². The van der Waals surface area contributed by atoms with E-state index in [2.05, 4.69) is 6.92 Å². The molecule has 0 spiro atoms. The summed E-state index contributed by atoms with van der Waals surface area (Å²) in [6, 6.07) is 5.50. The van der Waals surface area contributed by atoms with E-state index in [4.69, 9.17) is 21.1 Å². The number of methoxy groups -OCH3 is 2. The molecule has 1 aromatic carbocycles. The second kappa shape index (κ2) is 5.76. The summed E-state index contributed by atoms with van der Waals surface area (Å²) in [5.74, 6) is -0.00286. The number of carbonyl (C=O) groups excluding carboxylic acids is 2. The maximum absolute atomic E-state index is 12.9. The largest absolute Gasteiger partial charge is 0.497 e. The number of rotatable bonds is 2. The van der Waals surface area contributed by atoms with Crippen LogP contribution in [0.25, 0.3) is 0 Å². The SMILES string of the molecule is COC(=O)[C@@]1(C)CCC[C@]2(C)c3cc(OC)ccc3C(=O)[C@H](Cl)[C@@H]12. The number of carbonyl (C=O) groups is 2. The van der Waals surface area contributed by atoms with Crippen molar-refractivity contribution in [3.05, 3.63) is 29.3 Å². The number of hydrogen-bond acceptors (Lipinski definition) is 4. The smallest absolute Gasteiger partial charge is 0.311 e. The van der Waals surface area contributed by atoms with Gasteiger partial charge in [0.15, 0.2) is 5.78 Å². The maximum atomic E-state index is 12.9. The molecule has 1 aromatic rings. The molecule has 0 unspecified atom stereocenters. The average molecular weight is 351 g/mol. The molecule has 1 saturated carbocycles. The van der Waals surface area contributed by atoms with Gasteiger partial charge in [0.25, 0.3) is 0 Å². The molecule has 0 aliphatic heterocycles. The Bertz CT molecular complexity index is 701. The molecular weight excluding hydrogens is 328 g/mol. The average Bonchev–Trinajstić information content (AvgIpc) is 2.58.